The standard InChI is InChI=1S/C10H16N2/c1-7-9(6-11-2)8-4-3-5-10(8)12-7/h11-12H,3-6H2,1-2H3. The van der Waals surface area contributed by atoms with Crippen LogP contribution < -0.4 is 5.32 Å². The van der Waals surface area contributed by atoms with Gasteiger partial charge in [-0.2, -0.15) is 0 Å². The number of aryl methyl sites for hydroxylation is 2. The molecule has 2 heteroatoms. The molecule has 0 bridgehead atoms. The molecule has 2 N–H and O–H groups in total. The van der Waals surface area contributed by atoms with Gasteiger partial charge in [-0.05, 0) is 44.4 Å². The molecule has 66 valence electrons. The van der Waals surface area contributed by atoms with Crippen molar-refractivity contribution in [3.05, 3.63) is 22.5 Å². The first-order valence-electron chi connectivity index (χ1n) is 4.66. The van der Waals surface area contributed by atoms with E-state index >= 15 is 0 Å². The molecule has 1 heterocycles. The molecular formula is C10H16N2. The van der Waals surface area contributed by atoms with Crippen LogP contribution in [0.15, 0.2) is 0 Å². The Morgan fingerprint density at radius 3 is 3.00 bits per heavy atom. The summed E-state index contributed by atoms with van der Waals surface area (Å²) in [6.45, 7) is 3.18. The highest BCUT2D eigenvalue weighted by atomic mass is 14.8. The van der Waals surface area contributed by atoms with Crippen molar-refractivity contribution in [2.75, 3.05) is 7.05 Å². The minimum absolute atomic E-state index is 1.01. The molecule has 1 aromatic heterocycles. The smallest absolute Gasteiger partial charge is 0.0223 e. The number of aromatic nitrogens is 1. The number of H-pyrrole nitrogens is 1. The Bertz CT molecular complexity index is 286. The maximum atomic E-state index is 3.47. The van der Waals surface area contributed by atoms with E-state index in [9.17, 15) is 0 Å². The monoisotopic (exact) mass is 164 g/mol. The zero-order valence-corrected chi connectivity index (χ0v) is 7.83. The van der Waals surface area contributed by atoms with Gasteiger partial charge in [0.15, 0.2) is 0 Å². The van der Waals surface area contributed by atoms with Gasteiger partial charge in [-0.1, -0.05) is 0 Å². The SMILES string of the molecule is CNCc1c(C)[nH]c2c1CCC2. The van der Waals surface area contributed by atoms with Crippen molar-refractivity contribution in [3.8, 4) is 0 Å². The van der Waals surface area contributed by atoms with E-state index in [-0.39, 0.29) is 0 Å². The Morgan fingerprint density at radius 1 is 1.42 bits per heavy atom. The van der Waals surface area contributed by atoms with Gasteiger partial charge >= 0.3 is 0 Å². The van der Waals surface area contributed by atoms with Gasteiger partial charge in [0.25, 0.3) is 0 Å². The second-order valence-electron chi connectivity index (χ2n) is 3.57. The third-order valence-corrected chi connectivity index (χ3v) is 2.73. The fourth-order valence-corrected chi connectivity index (χ4v) is 2.16. The lowest BCUT2D eigenvalue weighted by molar-refractivity contribution is 0.794. The van der Waals surface area contributed by atoms with E-state index in [0.717, 1.165) is 6.54 Å². The summed E-state index contributed by atoms with van der Waals surface area (Å²) >= 11 is 0. The molecule has 1 aliphatic carbocycles. The first-order valence-corrected chi connectivity index (χ1v) is 4.66. The van der Waals surface area contributed by atoms with Crippen molar-refractivity contribution in [2.24, 2.45) is 0 Å². The maximum Gasteiger partial charge on any atom is 0.0223 e. The minimum Gasteiger partial charge on any atom is -0.362 e. The van der Waals surface area contributed by atoms with E-state index in [0.29, 0.717) is 0 Å². The topological polar surface area (TPSA) is 27.8 Å². The number of aromatic amines is 1. The van der Waals surface area contributed by atoms with Crippen molar-refractivity contribution in [1.29, 1.82) is 0 Å². The molecule has 12 heavy (non-hydrogen) atoms. The van der Waals surface area contributed by atoms with Crippen LogP contribution in [0, 0.1) is 6.92 Å². The van der Waals surface area contributed by atoms with Gasteiger partial charge in [0.1, 0.15) is 0 Å². The van der Waals surface area contributed by atoms with Crippen LogP contribution in [0.1, 0.15) is 28.9 Å². The number of rotatable bonds is 2. The molecule has 0 aromatic carbocycles. The summed E-state index contributed by atoms with van der Waals surface area (Å²) in [5.74, 6) is 0. The summed E-state index contributed by atoms with van der Waals surface area (Å²) in [7, 11) is 2.01. The van der Waals surface area contributed by atoms with Gasteiger partial charge in [-0.25, -0.2) is 0 Å². The highest BCUT2D eigenvalue weighted by Gasteiger charge is 2.18. The molecule has 0 atom stereocenters. The van der Waals surface area contributed by atoms with Gasteiger partial charge in [0, 0.05) is 17.9 Å². The van der Waals surface area contributed by atoms with Crippen LogP contribution in [0.5, 0.6) is 0 Å². The molecule has 2 rings (SSSR count). The van der Waals surface area contributed by atoms with Crippen molar-refractivity contribution in [1.82, 2.24) is 10.3 Å². The van der Waals surface area contributed by atoms with Crippen molar-refractivity contribution in [2.45, 2.75) is 32.7 Å². The molecule has 0 spiro atoms. The van der Waals surface area contributed by atoms with Crippen LogP contribution in [0.2, 0.25) is 0 Å². The van der Waals surface area contributed by atoms with E-state index in [1.54, 1.807) is 5.56 Å². The fraction of sp³-hybridized carbons (Fsp3) is 0.600. The quantitative estimate of drug-likeness (QED) is 0.681. The molecule has 0 saturated heterocycles. The molecule has 0 radical (unpaired) electrons. The van der Waals surface area contributed by atoms with Gasteiger partial charge in [-0.3, -0.25) is 0 Å². The van der Waals surface area contributed by atoms with E-state index in [2.05, 4.69) is 17.2 Å². The van der Waals surface area contributed by atoms with Crippen LogP contribution in [-0.4, -0.2) is 12.0 Å². The third-order valence-electron chi connectivity index (χ3n) is 2.73. The molecule has 0 fully saturated rings. The first-order chi connectivity index (χ1) is 5.83. The molecule has 0 unspecified atom stereocenters. The van der Waals surface area contributed by atoms with Gasteiger partial charge < -0.3 is 10.3 Å². The van der Waals surface area contributed by atoms with E-state index < -0.39 is 0 Å². The average molecular weight is 164 g/mol. The summed E-state index contributed by atoms with van der Waals surface area (Å²) in [4.78, 5) is 3.47. The van der Waals surface area contributed by atoms with Crippen LogP contribution in [0.3, 0.4) is 0 Å². The maximum absolute atomic E-state index is 3.47. The summed E-state index contributed by atoms with van der Waals surface area (Å²) < 4.78 is 0. The molecular weight excluding hydrogens is 148 g/mol. The van der Waals surface area contributed by atoms with Crippen LogP contribution in [0.4, 0.5) is 0 Å². The zero-order chi connectivity index (χ0) is 8.55. The lowest BCUT2D eigenvalue weighted by Gasteiger charge is -2.01. The molecule has 2 nitrogen and oxygen atoms in total. The summed E-state index contributed by atoms with van der Waals surface area (Å²) in [5, 5.41) is 3.22. The van der Waals surface area contributed by atoms with Crippen LogP contribution >= 0.6 is 0 Å². The van der Waals surface area contributed by atoms with E-state index in [1.807, 2.05) is 7.05 Å². The number of nitrogens with one attached hydrogen (secondary N) is 2. The number of hydrogen-bond acceptors (Lipinski definition) is 1. The summed E-state index contributed by atoms with van der Waals surface area (Å²) in [5.41, 5.74) is 5.93. The van der Waals surface area contributed by atoms with E-state index in [4.69, 9.17) is 0 Å². The van der Waals surface area contributed by atoms with Gasteiger partial charge in [-0.15, -0.1) is 0 Å². The minimum atomic E-state index is 1.01. The summed E-state index contributed by atoms with van der Waals surface area (Å²) in [6.07, 6.45) is 3.86. The lowest BCUT2D eigenvalue weighted by Crippen LogP contribution is -2.07. The normalized spacial score (nSPS) is 15.2. The highest BCUT2D eigenvalue weighted by Crippen LogP contribution is 2.27. The van der Waals surface area contributed by atoms with Crippen LogP contribution in [0.25, 0.3) is 0 Å². The first kappa shape index (κ1) is 7.87. The van der Waals surface area contributed by atoms with Crippen molar-refractivity contribution >= 4 is 0 Å². The Balaban J connectivity index is 2.38. The largest absolute Gasteiger partial charge is 0.362 e. The molecule has 0 amide bonds. The van der Waals surface area contributed by atoms with Crippen molar-refractivity contribution in [3.63, 3.8) is 0 Å². The third kappa shape index (κ3) is 1.07. The van der Waals surface area contributed by atoms with Crippen LogP contribution in [-0.2, 0) is 19.4 Å². The van der Waals surface area contributed by atoms with Crippen molar-refractivity contribution < 1.29 is 0 Å². The van der Waals surface area contributed by atoms with Gasteiger partial charge in [0.2, 0.25) is 0 Å². The van der Waals surface area contributed by atoms with Gasteiger partial charge in [0.05, 0.1) is 0 Å². The Labute approximate surface area is 73.4 Å². The molecule has 1 aromatic rings. The average Bonchev–Trinajstić information content (AvgIpc) is 2.56. The Kier molecular flexibility index (Phi) is 1.93. The zero-order valence-electron chi connectivity index (χ0n) is 7.83. The number of hydrogen-bond donors (Lipinski definition) is 2. The Morgan fingerprint density at radius 2 is 2.25 bits per heavy atom. The highest BCUT2D eigenvalue weighted by molar-refractivity contribution is 5.39. The molecule has 1 aliphatic rings. The predicted octanol–water partition coefficient (Wildman–Crippen LogP) is 1.53. The predicted molar refractivity (Wildman–Crippen MR) is 50.3 cm³/mol. The lowest BCUT2D eigenvalue weighted by atomic mass is 10.1. The molecule has 0 aliphatic heterocycles. The molecule has 0 saturated carbocycles. The summed E-state index contributed by atoms with van der Waals surface area (Å²) in [6, 6.07) is 0. The fourth-order valence-electron chi connectivity index (χ4n) is 2.16. The second kappa shape index (κ2) is 2.94. The van der Waals surface area contributed by atoms with E-state index in [1.165, 1.54) is 36.2 Å². The second-order valence-corrected chi connectivity index (χ2v) is 3.57. The number of fused-ring (bicyclic) bond motifs is 1. The Hall–Kier alpha value is -0.760.